The first kappa shape index (κ1) is 19.9. The van der Waals surface area contributed by atoms with Crippen molar-refractivity contribution in [1.29, 1.82) is 0 Å². The van der Waals surface area contributed by atoms with Crippen molar-refractivity contribution in [1.82, 2.24) is 10.6 Å². The summed E-state index contributed by atoms with van der Waals surface area (Å²) in [6.45, 7) is 2.89. The number of ether oxygens (including phenoxy) is 1. The molecule has 6 nitrogen and oxygen atoms in total. The quantitative estimate of drug-likeness (QED) is 0.429. The number of nitrogens with zero attached hydrogens (tertiary/aromatic N) is 1. The molecule has 2 aromatic rings. The van der Waals surface area contributed by atoms with Gasteiger partial charge in [-0.1, -0.05) is 60.2 Å². The highest BCUT2D eigenvalue weighted by Gasteiger charge is 2.67. The van der Waals surface area contributed by atoms with Crippen LogP contribution >= 0.6 is 12.2 Å². The molecule has 2 amide bonds. The van der Waals surface area contributed by atoms with Gasteiger partial charge in [-0.2, -0.15) is 0 Å². The summed E-state index contributed by atoms with van der Waals surface area (Å²) in [7, 11) is 0. The lowest BCUT2D eigenvalue weighted by Gasteiger charge is -2.29. The molecule has 0 unspecified atom stereocenters. The Labute approximate surface area is 186 Å². The molecule has 158 valence electrons. The molecule has 3 aliphatic heterocycles. The highest BCUT2D eigenvalue weighted by molar-refractivity contribution is 7.80. The monoisotopic (exact) mass is 433 g/mol. The lowest BCUT2D eigenvalue weighted by molar-refractivity contribution is -0.126. The Morgan fingerprint density at radius 2 is 1.81 bits per heavy atom. The SMILES string of the molecule is Cc1ccc(N2C(=O)[C@@H]3[C@H]4C=C[C@@](CNC(=S)NCc5ccccc5)(O4)[C@H]3C2=O)cc1. The third-order valence-corrected chi connectivity index (χ3v) is 6.56. The Kier molecular flexibility index (Phi) is 4.87. The summed E-state index contributed by atoms with van der Waals surface area (Å²) in [6, 6.07) is 17.4. The van der Waals surface area contributed by atoms with Crippen LogP contribution < -0.4 is 15.5 Å². The number of thiocarbonyl (C=S) groups is 1. The van der Waals surface area contributed by atoms with Crippen LogP contribution in [-0.2, 0) is 20.9 Å². The number of benzene rings is 2. The zero-order chi connectivity index (χ0) is 21.6. The molecule has 4 atom stereocenters. The molecule has 0 aromatic heterocycles. The predicted molar refractivity (Wildman–Crippen MR) is 121 cm³/mol. The number of aryl methyl sites for hydroxylation is 1. The number of carbonyl (C=O) groups is 2. The summed E-state index contributed by atoms with van der Waals surface area (Å²) in [5.41, 5.74) is 1.93. The third kappa shape index (κ3) is 3.34. The van der Waals surface area contributed by atoms with Crippen LogP contribution in [0.2, 0.25) is 0 Å². The minimum absolute atomic E-state index is 0.195. The van der Waals surface area contributed by atoms with Crippen molar-refractivity contribution in [2.45, 2.75) is 25.2 Å². The minimum atomic E-state index is -0.875. The van der Waals surface area contributed by atoms with Crippen molar-refractivity contribution >= 4 is 34.8 Å². The number of rotatable bonds is 5. The van der Waals surface area contributed by atoms with Crippen molar-refractivity contribution in [3.63, 3.8) is 0 Å². The second kappa shape index (κ2) is 7.59. The zero-order valence-electron chi connectivity index (χ0n) is 17.1. The van der Waals surface area contributed by atoms with E-state index in [1.807, 2.05) is 73.7 Å². The predicted octanol–water partition coefficient (Wildman–Crippen LogP) is 2.47. The number of hydrogen-bond donors (Lipinski definition) is 2. The summed E-state index contributed by atoms with van der Waals surface area (Å²) >= 11 is 5.42. The van der Waals surface area contributed by atoms with Crippen LogP contribution in [0.15, 0.2) is 66.7 Å². The van der Waals surface area contributed by atoms with Gasteiger partial charge < -0.3 is 15.4 Å². The van der Waals surface area contributed by atoms with E-state index in [4.69, 9.17) is 17.0 Å². The normalized spacial score (nSPS) is 28.2. The van der Waals surface area contributed by atoms with Gasteiger partial charge in [0.15, 0.2) is 5.11 Å². The van der Waals surface area contributed by atoms with E-state index in [-0.39, 0.29) is 17.9 Å². The number of nitrogens with one attached hydrogen (secondary N) is 2. The summed E-state index contributed by atoms with van der Waals surface area (Å²) < 4.78 is 6.15. The van der Waals surface area contributed by atoms with Crippen molar-refractivity contribution in [3.8, 4) is 0 Å². The van der Waals surface area contributed by atoms with E-state index in [1.54, 1.807) is 0 Å². The molecule has 0 aliphatic carbocycles. The number of fused-ring (bicyclic) bond motifs is 5. The molecule has 2 N–H and O–H groups in total. The fourth-order valence-electron chi connectivity index (χ4n) is 4.71. The minimum Gasteiger partial charge on any atom is -0.360 e. The van der Waals surface area contributed by atoms with E-state index >= 15 is 0 Å². The number of hydrogen-bond acceptors (Lipinski definition) is 4. The van der Waals surface area contributed by atoms with E-state index in [0.717, 1.165) is 11.1 Å². The van der Waals surface area contributed by atoms with Gasteiger partial charge in [-0.05, 0) is 36.8 Å². The first-order chi connectivity index (χ1) is 15.0. The van der Waals surface area contributed by atoms with Gasteiger partial charge in [0, 0.05) is 6.54 Å². The van der Waals surface area contributed by atoms with Crippen LogP contribution in [0.3, 0.4) is 0 Å². The largest absolute Gasteiger partial charge is 0.360 e. The standard InChI is InChI=1S/C24H23N3O3S/c1-15-7-9-17(10-8-15)27-21(28)19-18-11-12-24(30-18,20(19)22(27)29)14-26-23(31)25-13-16-5-3-2-4-6-16/h2-12,18-20H,13-14H2,1H3,(H2,25,26,31)/t18-,19-,20-,24+/m1/s1. The van der Waals surface area contributed by atoms with E-state index in [2.05, 4.69) is 10.6 Å². The maximum absolute atomic E-state index is 13.3. The van der Waals surface area contributed by atoms with Crippen molar-refractivity contribution < 1.29 is 14.3 Å². The third-order valence-electron chi connectivity index (χ3n) is 6.27. The summed E-state index contributed by atoms with van der Waals surface area (Å²) in [5.74, 6) is -1.46. The Morgan fingerprint density at radius 1 is 1.06 bits per heavy atom. The van der Waals surface area contributed by atoms with E-state index < -0.39 is 17.4 Å². The molecule has 7 heteroatoms. The molecule has 3 aliphatic rings. The van der Waals surface area contributed by atoms with Crippen LogP contribution in [-0.4, -0.2) is 35.2 Å². The second-order valence-corrected chi connectivity index (χ2v) is 8.68. The van der Waals surface area contributed by atoms with Crippen LogP contribution in [0.4, 0.5) is 5.69 Å². The molecule has 3 heterocycles. The van der Waals surface area contributed by atoms with Crippen LogP contribution in [0.5, 0.6) is 0 Å². The molecule has 0 radical (unpaired) electrons. The molecule has 2 saturated heterocycles. The van der Waals surface area contributed by atoms with E-state index in [0.29, 0.717) is 23.9 Å². The van der Waals surface area contributed by atoms with Crippen LogP contribution in [0.25, 0.3) is 0 Å². The average molecular weight is 434 g/mol. The fourth-order valence-corrected chi connectivity index (χ4v) is 4.86. The molecule has 2 bridgehead atoms. The van der Waals surface area contributed by atoms with Gasteiger partial charge in [-0.25, -0.2) is 4.90 Å². The maximum atomic E-state index is 13.3. The molecule has 0 spiro atoms. The first-order valence-electron chi connectivity index (χ1n) is 10.4. The zero-order valence-corrected chi connectivity index (χ0v) is 17.9. The second-order valence-electron chi connectivity index (χ2n) is 8.27. The Bertz CT molecular complexity index is 1070. The van der Waals surface area contributed by atoms with Crippen LogP contribution in [0.1, 0.15) is 11.1 Å². The van der Waals surface area contributed by atoms with Crippen molar-refractivity contribution in [3.05, 3.63) is 77.9 Å². The Balaban J connectivity index is 1.29. The molecular formula is C24H23N3O3S. The van der Waals surface area contributed by atoms with Gasteiger partial charge in [0.05, 0.1) is 30.2 Å². The van der Waals surface area contributed by atoms with Gasteiger partial charge in [0.1, 0.15) is 5.60 Å². The fraction of sp³-hybridized carbons (Fsp3) is 0.292. The topological polar surface area (TPSA) is 70.7 Å². The molecule has 2 aromatic carbocycles. The Hall–Kier alpha value is -3.03. The number of carbonyl (C=O) groups excluding carboxylic acids is 2. The highest BCUT2D eigenvalue weighted by atomic mass is 32.1. The number of imide groups is 1. The molecular weight excluding hydrogens is 410 g/mol. The highest BCUT2D eigenvalue weighted by Crippen LogP contribution is 2.52. The lowest BCUT2D eigenvalue weighted by Crippen LogP contribution is -2.50. The van der Waals surface area contributed by atoms with Gasteiger partial charge in [0.25, 0.3) is 0 Å². The van der Waals surface area contributed by atoms with Gasteiger partial charge >= 0.3 is 0 Å². The van der Waals surface area contributed by atoms with Crippen molar-refractivity contribution in [2.24, 2.45) is 11.8 Å². The first-order valence-corrected chi connectivity index (χ1v) is 10.8. The van der Waals surface area contributed by atoms with E-state index in [1.165, 1.54) is 4.90 Å². The maximum Gasteiger partial charge on any atom is 0.241 e. The lowest BCUT2D eigenvalue weighted by atomic mass is 9.77. The smallest absolute Gasteiger partial charge is 0.241 e. The van der Waals surface area contributed by atoms with Gasteiger partial charge in [-0.3, -0.25) is 9.59 Å². The number of amides is 2. The summed E-state index contributed by atoms with van der Waals surface area (Å²) in [6.07, 6.45) is 3.42. The number of anilines is 1. The van der Waals surface area contributed by atoms with E-state index in [9.17, 15) is 9.59 Å². The molecule has 31 heavy (non-hydrogen) atoms. The van der Waals surface area contributed by atoms with Gasteiger partial charge in [0.2, 0.25) is 11.8 Å². The molecule has 0 saturated carbocycles. The Morgan fingerprint density at radius 3 is 2.55 bits per heavy atom. The molecule has 5 rings (SSSR count). The van der Waals surface area contributed by atoms with Gasteiger partial charge in [-0.15, -0.1) is 0 Å². The van der Waals surface area contributed by atoms with Crippen molar-refractivity contribution in [2.75, 3.05) is 11.4 Å². The summed E-state index contributed by atoms with van der Waals surface area (Å²) in [4.78, 5) is 27.8. The average Bonchev–Trinajstić information content (AvgIpc) is 3.43. The molecule has 2 fully saturated rings. The summed E-state index contributed by atoms with van der Waals surface area (Å²) in [5, 5.41) is 6.84. The van der Waals surface area contributed by atoms with Crippen LogP contribution in [0, 0.1) is 18.8 Å².